The van der Waals surface area contributed by atoms with E-state index in [4.69, 9.17) is 15.2 Å². The predicted octanol–water partition coefficient (Wildman–Crippen LogP) is 2.04. The normalized spacial score (nSPS) is 16.6. The SMILES string of the molecule is COc1ccc(CNc2nc(OC(C)C)nc(N3CC[C@H](O)C3)c2N)cc1. The fraction of sp³-hybridized carbons (Fsp3) is 0.474. The first kappa shape index (κ1) is 19.0. The second-order valence-electron chi connectivity index (χ2n) is 6.85. The molecular weight excluding hydrogens is 346 g/mol. The number of nitrogen functional groups attached to an aromatic ring is 1. The minimum absolute atomic E-state index is 0.0555. The molecule has 1 aliphatic heterocycles. The number of hydrogen-bond donors (Lipinski definition) is 3. The third kappa shape index (κ3) is 4.71. The summed E-state index contributed by atoms with van der Waals surface area (Å²) in [5, 5.41) is 13.1. The summed E-state index contributed by atoms with van der Waals surface area (Å²) in [7, 11) is 1.64. The standard InChI is InChI=1S/C19H27N5O3/c1-12(2)27-19-22-17(21-10-13-4-6-15(26-3)7-5-13)16(20)18(23-19)24-9-8-14(25)11-24/h4-7,12,14,25H,8-11,20H2,1-3H3,(H,21,22,23)/t14-/m0/s1. The predicted molar refractivity (Wildman–Crippen MR) is 105 cm³/mol. The van der Waals surface area contributed by atoms with Crippen LogP contribution in [0.2, 0.25) is 0 Å². The summed E-state index contributed by atoms with van der Waals surface area (Å²) in [6.07, 6.45) is 0.267. The molecule has 27 heavy (non-hydrogen) atoms. The summed E-state index contributed by atoms with van der Waals surface area (Å²) in [4.78, 5) is 10.9. The van der Waals surface area contributed by atoms with Crippen LogP contribution >= 0.6 is 0 Å². The number of rotatable bonds is 7. The molecule has 146 valence electrons. The van der Waals surface area contributed by atoms with Gasteiger partial charge in [-0.1, -0.05) is 12.1 Å². The summed E-state index contributed by atoms with van der Waals surface area (Å²) in [5.41, 5.74) is 7.85. The zero-order chi connectivity index (χ0) is 19.4. The third-order valence-electron chi connectivity index (χ3n) is 4.33. The van der Waals surface area contributed by atoms with Crippen LogP contribution in [0.5, 0.6) is 11.8 Å². The average molecular weight is 373 g/mol. The fourth-order valence-corrected chi connectivity index (χ4v) is 2.94. The lowest BCUT2D eigenvalue weighted by Crippen LogP contribution is -2.25. The van der Waals surface area contributed by atoms with E-state index in [0.717, 1.165) is 11.3 Å². The zero-order valence-corrected chi connectivity index (χ0v) is 16.0. The van der Waals surface area contributed by atoms with Crippen LogP contribution < -0.4 is 25.4 Å². The number of benzene rings is 1. The van der Waals surface area contributed by atoms with Gasteiger partial charge in [-0.2, -0.15) is 9.97 Å². The van der Waals surface area contributed by atoms with Crippen molar-refractivity contribution < 1.29 is 14.6 Å². The van der Waals surface area contributed by atoms with Gasteiger partial charge in [-0.3, -0.25) is 0 Å². The van der Waals surface area contributed by atoms with Crippen LogP contribution in [0.1, 0.15) is 25.8 Å². The van der Waals surface area contributed by atoms with Crippen molar-refractivity contribution in [2.75, 3.05) is 36.1 Å². The Bertz CT molecular complexity index is 767. The first-order chi connectivity index (χ1) is 13.0. The molecule has 0 radical (unpaired) electrons. The van der Waals surface area contributed by atoms with E-state index in [1.807, 2.05) is 43.0 Å². The maximum atomic E-state index is 9.85. The fourth-order valence-electron chi connectivity index (χ4n) is 2.94. The molecule has 0 spiro atoms. The molecule has 8 heteroatoms. The second-order valence-corrected chi connectivity index (χ2v) is 6.85. The molecule has 1 saturated heterocycles. The maximum absolute atomic E-state index is 9.85. The van der Waals surface area contributed by atoms with E-state index < -0.39 is 0 Å². The lowest BCUT2D eigenvalue weighted by molar-refractivity contribution is 0.198. The van der Waals surface area contributed by atoms with Gasteiger partial charge in [-0.05, 0) is 38.0 Å². The summed E-state index contributed by atoms with van der Waals surface area (Å²) >= 11 is 0. The monoisotopic (exact) mass is 373 g/mol. The van der Waals surface area contributed by atoms with Crippen LogP contribution in [0.3, 0.4) is 0 Å². The van der Waals surface area contributed by atoms with Gasteiger partial charge < -0.3 is 30.5 Å². The van der Waals surface area contributed by atoms with E-state index in [1.54, 1.807) is 7.11 Å². The van der Waals surface area contributed by atoms with Crippen LogP contribution in [0.25, 0.3) is 0 Å². The van der Waals surface area contributed by atoms with Gasteiger partial charge >= 0.3 is 6.01 Å². The van der Waals surface area contributed by atoms with Gasteiger partial charge in [0, 0.05) is 19.6 Å². The number of nitrogens with zero attached hydrogens (tertiary/aromatic N) is 3. The molecule has 4 N–H and O–H groups in total. The smallest absolute Gasteiger partial charge is 0.320 e. The zero-order valence-electron chi connectivity index (χ0n) is 16.0. The molecule has 0 saturated carbocycles. The molecule has 0 bridgehead atoms. The molecule has 2 heterocycles. The maximum Gasteiger partial charge on any atom is 0.320 e. The highest BCUT2D eigenvalue weighted by Gasteiger charge is 2.25. The first-order valence-electron chi connectivity index (χ1n) is 9.10. The third-order valence-corrected chi connectivity index (χ3v) is 4.33. The van der Waals surface area contributed by atoms with E-state index in [-0.39, 0.29) is 18.2 Å². The molecule has 1 atom stereocenters. The van der Waals surface area contributed by atoms with E-state index in [1.165, 1.54) is 0 Å². The number of ether oxygens (including phenoxy) is 2. The molecule has 1 aliphatic rings. The Labute approximate surface area is 159 Å². The summed E-state index contributed by atoms with van der Waals surface area (Å²) < 4.78 is 10.9. The van der Waals surface area contributed by atoms with Gasteiger partial charge in [0.25, 0.3) is 0 Å². The highest BCUT2D eigenvalue weighted by atomic mass is 16.5. The Morgan fingerprint density at radius 2 is 2.04 bits per heavy atom. The van der Waals surface area contributed by atoms with Crippen molar-refractivity contribution in [1.29, 1.82) is 0 Å². The molecule has 0 aliphatic carbocycles. The first-order valence-corrected chi connectivity index (χ1v) is 9.10. The van der Waals surface area contributed by atoms with Crippen LogP contribution in [0, 0.1) is 0 Å². The summed E-state index contributed by atoms with van der Waals surface area (Å²) in [6.45, 7) is 5.59. The van der Waals surface area contributed by atoms with Gasteiger partial charge in [0.2, 0.25) is 0 Å². The average Bonchev–Trinajstić information content (AvgIpc) is 3.08. The van der Waals surface area contributed by atoms with E-state index in [0.29, 0.717) is 43.4 Å². The summed E-state index contributed by atoms with van der Waals surface area (Å²) in [6, 6.07) is 8.04. The van der Waals surface area contributed by atoms with E-state index >= 15 is 0 Å². The van der Waals surface area contributed by atoms with E-state index in [9.17, 15) is 5.11 Å². The molecule has 3 rings (SSSR count). The minimum Gasteiger partial charge on any atom is -0.497 e. The number of hydrogen-bond acceptors (Lipinski definition) is 8. The Morgan fingerprint density at radius 1 is 1.30 bits per heavy atom. The molecule has 0 unspecified atom stereocenters. The lowest BCUT2D eigenvalue weighted by atomic mass is 10.2. The Hall–Kier alpha value is -2.74. The largest absolute Gasteiger partial charge is 0.497 e. The van der Waals surface area contributed by atoms with Gasteiger partial charge in [-0.25, -0.2) is 0 Å². The van der Waals surface area contributed by atoms with Gasteiger partial charge in [0.05, 0.1) is 19.3 Å². The number of β-amino-alcohol motifs (C(OH)–C–C–N with tert-alkyl or cyclic N) is 1. The quantitative estimate of drug-likeness (QED) is 0.677. The molecule has 8 nitrogen and oxygen atoms in total. The van der Waals surface area contributed by atoms with Gasteiger partial charge in [0.15, 0.2) is 11.6 Å². The summed E-state index contributed by atoms with van der Waals surface area (Å²) in [5.74, 6) is 1.92. The molecular formula is C19H27N5O3. The molecule has 1 fully saturated rings. The molecule has 2 aromatic rings. The van der Waals surface area contributed by atoms with Crippen molar-refractivity contribution in [1.82, 2.24) is 9.97 Å². The number of methoxy groups -OCH3 is 1. The van der Waals surface area contributed by atoms with Crippen LogP contribution in [-0.4, -0.2) is 47.5 Å². The molecule has 0 amide bonds. The number of aliphatic hydroxyl groups is 1. The minimum atomic E-state index is -0.371. The number of aromatic nitrogens is 2. The number of nitrogens with one attached hydrogen (secondary N) is 1. The Morgan fingerprint density at radius 3 is 2.63 bits per heavy atom. The lowest BCUT2D eigenvalue weighted by Gasteiger charge is -2.21. The number of nitrogens with two attached hydrogens (primary N) is 1. The van der Waals surface area contributed by atoms with Crippen molar-refractivity contribution in [3.05, 3.63) is 29.8 Å². The Balaban J connectivity index is 1.83. The molecule has 1 aromatic heterocycles. The second kappa shape index (κ2) is 8.30. The van der Waals surface area contributed by atoms with Gasteiger partial charge in [0.1, 0.15) is 11.4 Å². The molecule has 1 aromatic carbocycles. The van der Waals surface area contributed by atoms with Crippen LogP contribution in [-0.2, 0) is 6.54 Å². The van der Waals surface area contributed by atoms with Crippen molar-refractivity contribution in [2.45, 2.75) is 39.0 Å². The number of anilines is 3. The van der Waals surface area contributed by atoms with Crippen LogP contribution in [0.4, 0.5) is 17.3 Å². The van der Waals surface area contributed by atoms with Crippen molar-refractivity contribution in [2.24, 2.45) is 0 Å². The highest BCUT2D eigenvalue weighted by Crippen LogP contribution is 2.32. The van der Waals surface area contributed by atoms with Crippen LogP contribution in [0.15, 0.2) is 24.3 Å². The van der Waals surface area contributed by atoms with Gasteiger partial charge in [-0.15, -0.1) is 0 Å². The van der Waals surface area contributed by atoms with Crippen molar-refractivity contribution >= 4 is 17.3 Å². The topological polar surface area (TPSA) is 106 Å². The number of aliphatic hydroxyl groups excluding tert-OH is 1. The van der Waals surface area contributed by atoms with E-state index in [2.05, 4.69) is 15.3 Å². The van der Waals surface area contributed by atoms with Crippen molar-refractivity contribution in [3.63, 3.8) is 0 Å². The highest BCUT2D eigenvalue weighted by molar-refractivity contribution is 5.76. The van der Waals surface area contributed by atoms with Crippen molar-refractivity contribution in [3.8, 4) is 11.8 Å². The Kier molecular flexibility index (Phi) is 5.85.